The van der Waals surface area contributed by atoms with Gasteiger partial charge in [-0.05, 0) is 30.7 Å². The molecule has 0 saturated carbocycles. The number of nitrogens with two attached hydrogens (primary N) is 1. The fraction of sp³-hybridized carbons (Fsp3) is 0.333. The first-order valence-corrected chi connectivity index (χ1v) is 6.92. The van der Waals surface area contributed by atoms with Gasteiger partial charge >= 0.3 is 6.03 Å². The molecule has 112 valence electrons. The van der Waals surface area contributed by atoms with Crippen LogP contribution < -0.4 is 11.2 Å². The van der Waals surface area contributed by atoms with Gasteiger partial charge < -0.3 is 10.7 Å². The number of aromatic amines is 1. The monoisotopic (exact) mass is 288 g/mol. The number of hydrogen-bond donors (Lipinski definition) is 3. The lowest BCUT2D eigenvalue weighted by atomic mass is 9.96. The highest BCUT2D eigenvalue weighted by molar-refractivity contribution is 5.70. The predicted octanol–water partition coefficient (Wildman–Crippen LogP) is 1.80. The number of hydroxylamine groups is 1. The van der Waals surface area contributed by atoms with Crippen molar-refractivity contribution in [2.75, 3.05) is 6.61 Å². The maximum absolute atomic E-state index is 10.6. The number of hydrogen-bond acceptors (Lipinski definition) is 3. The highest BCUT2D eigenvalue weighted by Gasteiger charge is 2.12. The molecule has 2 amide bonds. The summed E-state index contributed by atoms with van der Waals surface area (Å²) in [7, 11) is 0. The number of carbonyl (C=O) groups excluding carboxylic acids is 1. The molecular weight excluding hydrogens is 268 g/mol. The molecule has 1 aromatic heterocycles. The molecule has 6 heteroatoms. The van der Waals surface area contributed by atoms with Crippen molar-refractivity contribution >= 4 is 6.03 Å². The Bertz CT molecular complexity index is 528. The zero-order chi connectivity index (χ0) is 14.9. The minimum atomic E-state index is -0.682. The van der Waals surface area contributed by atoms with Crippen molar-refractivity contribution in [1.82, 2.24) is 15.4 Å². The standard InChI is InChI=1S/C15H20N4O2/c16-15(20)19-21-10-13(8-14-9-17-11-18-14)7-6-12-4-2-1-3-5-12/h1-5,9,11,13H,6-8,10H2,(H,17,18)(H3,16,19,20). The molecule has 0 aliphatic rings. The molecule has 2 aromatic rings. The Morgan fingerprint density at radius 2 is 2.19 bits per heavy atom. The van der Waals surface area contributed by atoms with Crippen LogP contribution in [0.1, 0.15) is 17.7 Å². The maximum atomic E-state index is 10.6. The lowest BCUT2D eigenvalue weighted by Gasteiger charge is -2.16. The molecule has 1 aromatic carbocycles. The fourth-order valence-corrected chi connectivity index (χ4v) is 2.20. The third kappa shape index (κ3) is 5.66. The van der Waals surface area contributed by atoms with Gasteiger partial charge in [-0.15, -0.1) is 0 Å². The van der Waals surface area contributed by atoms with E-state index in [4.69, 9.17) is 10.6 Å². The summed E-state index contributed by atoms with van der Waals surface area (Å²) < 4.78 is 0. The number of amides is 2. The van der Waals surface area contributed by atoms with Crippen LogP contribution in [0.15, 0.2) is 42.9 Å². The van der Waals surface area contributed by atoms with E-state index >= 15 is 0 Å². The highest BCUT2D eigenvalue weighted by atomic mass is 16.7. The van der Waals surface area contributed by atoms with Gasteiger partial charge in [-0.1, -0.05) is 30.3 Å². The van der Waals surface area contributed by atoms with Crippen molar-refractivity contribution in [1.29, 1.82) is 0 Å². The molecular formula is C15H20N4O2. The Morgan fingerprint density at radius 3 is 2.86 bits per heavy atom. The molecule has 2 rings (SSSR count). The van der Waals surface area contributed by atoms with Crippen molar-refractivity contribution in [3.05, 3.63) is 54.1 Å². The van der Waals surface area contributed by atoms with Crippen LogP contribution >= 0.6 is 0 Å². The number of benzene rings is 1. The summed E-state index contributed by atoms with van der Waals surface area (Å²) >= 11 is 0. The molecule has 1 heterocycles. The van der Waals surface area contributed by atoms with Crippen LogP contribution in [0.2, 0.25) is 0 Å². The normalized spacial score (nSPS) is 12.0. The Balaban J connectivity index is 1.86. The van der Waals surface area contributed by atoms with Crippen LogP contribution in [0.3, 0.4) is 0 Å². The molecule has 6 nitrogen and oxygen atoms in total. The highest BCUT2D eigenvalue weighted by Crippen LogP contribution is 2.14. The van der Waals surface area contributed by atoms with Crippen molar-refractivity contribution in [3.8, 4) is 0 Å². The SMILES string of the molecule is NC(=O)NOCC(CCc1ccccc1)Cc1cnc[nH]1. The van der Waals surface area contributed by atoms with Crippen LogP contribution in [-0.2, 0) is 17.7 Å². The number of imidazole rings is 1. The van der Waals surface area contributed by atoms with Gasteiger partial charge in [0.15, 0.2) is 0 Å². The average molecular weight is 288 g/mol. The molecule has 0 fully saturated rings. The minimum Gasteiger partial charge on any atom is -0.350 e. The Labute approximate surface area is 123 Å². The van der Waals surface area contributed by atoms with Crippen LogP contribution in [0.25, 0.3) is 0 Å². The van der Waals surface area contributed by atoms with Gasteiger partial charge in [0.25, 0.3) is 0 Å². The fourth-order valence-electron chi connectivity index (χ4n) is 2.20. The molecule has 0 bridgehead atoms. The van der Waals surface area contributed by atoms with Crippen molar-refractivity contribution in [3.63, 3.8) is 0 Å². The first kappa shape index (κ1) is 15.1. The molecule has 1 atom stereocenters. The largest absolute Gasteiger partial charge is 0.350 e. The van der Waals surface area contributed by atoms with Gasteiger partial charge in [-0.3, -0.25) is 4.84 Å². The van der Waals surface area contributed by atoms with Crippen LogP contribution in [0.4, 0.5) is 4.79 Å². The van der Waals surface area contributed by atoms with E-state index in [1.165, 1.54) is 5.56 Å². The molecule has 1 unspecified atom stereocenters. The second-order valence-electron chi connectivity index (χ2n) is 4.95. The lowest BCUT2D eigenvalue weighted by Crippen LogP contribution is -2.31. The second kappa shape index (κ2) is 8.06. The van der Waals surface area contributed by atoms with E-state index in [2.05, 4.69) is 27.6 Å². The zero-order valence-electron chi connectivity index (χ0n) is 11.8. The quantitative estimate of drug-likeness (QED) is 0.647. The summed E-state index contributed by atoms with van der Waals surface area (Å²) in [4.78, 5) is 22.9. The molecule has 0 saturated heterocycles. The number of H-pyrrole nitrogens is 1. The molecule has 0 radical (unpaired) electrons. The van der Waals surface area contributed by atoms with E-state index in [0.29, 0.717) is 6.61 Å². The zero-order valence-corrected chi connectivity index (χ0v) is 11.8. The third-order valence-electron chi connectivity index (χ3n) is 3.24. The molecule has 4 N–H and O–H groups in total. The number of rotatable bonds is 8. The van der Waals surface area contributed by atoms with Crippen molar-refractivity contribution < 1.29 is 9.63 Å². The number of nitrogens with zero attached hydrogens (tertiary/aromatic N) is 1. The Hall–Kier alpha value is -2.34. The van der Waals surface area contributed by atoms with E-state index in [9.17, 15) is 4.79 Å². The number of nitrogens with one attached hydrogen (secondary N) is 2. The van der Waals surface area contributed by atoms with Gasteiger partial charge in [0.05, 0.1) is 12.9 Å². The Kier molecular flexibility index (Phi) is 5.78. The summed E-state index contributed by atoms with van der Waals surface area (Å²) in [6, 6.07) is 9.60. The number of aryl methyl sites for hydroxylation is 1. The molecule has 21 heavy (non-hydrogen) atoms. The van der Waals surface area contributed by atoms with Gasteiger partial charge in [-0.2, -0.15) is 0 Å². The number of carbonyl (C=O) groups is 1. The number of aromatic nitrogens is 2. The summed E-state index contributed by atoms with van der Waals surface area (Å²) in [5.74, 6) is 0.262. The van der Waals surface area contributed by atoms with E-state index in [1.807, 2.05) is 18.2 Å². The first-order valence-electron chi connectivity index (χ1n) is 6.92. The number of primary amides is 1. The summed E-state index contributed by atoms with van der Waals surface area (Å²) in [5, 5.41) is 0. The van der Waals surface area contributed by atoms with Gasteiger partial charge in [0, 0.05) is 11.9 Å². The maximum Gasteiger partial charge on any atom is 0.336 e. The van der Waals surface area contributed by atoms with E-state index in [0.717, 1.165) is 25.0 Å². The van der Waals surface area contributed by atoms with E-state index in [-0.39, 0.29) is 5.92 Å². The van der Waals surface area contributed by atoms with Crippen molar-refractivity contribution in [2.45, 2.75) is 19.3 Å². The summed E-state index contributed by atoms with van der Waals surface area (Å²) in [6.07, 6.45) is 6.18. The Morgan fingerprint density at radius 1 is 1.38 bits per heavy atom. The first-order chi connectivity index (χ1) is 10.2. The lowest BCUT2D eigenvalue weighted by molar-refractivity contribution is 0.0374. The van der Waals surface area contributed by atoms with E-state index < -0.39 is 6.03 Å². The van der Waals surface area contributed by atoms with Crippen LogP contribution in [0.5, 0.6) is 0 Å². The van der Waals surface area contributed by atoms with Crippen LogP contribution in [0, 0.1) is 5.92 Å². The van der Waals surface area contributed by atoms with E-state index in [1.54, 1.807) is 12.5 Å². The third-order valence-corrected chi connectivity index (χ3v) is 3.24. The average Bonchev–Trinajstić information content (AvgIpc) is 2.98. The molecule has 0 aliphatic heterocycles. The smallest absolute Gasteiger partial charge is 0.336 e. The minimum absolute atomic E-state index is 0.262. The number of urea groups is 1. The van der Waals surface area contributed by atoms with Gasteiger partial charge in [-0.25, -0.2) is 15.3 Å². The van der Waals surface area contributed by atoms with Gasteiger partial charge in [0.1, 0.15) is 0 Å². The summed E-state index contributed by atoms with van der Waals surface area (Å²) in [6.45, 7) is 0.412. The topological polar surface area (TPSA) is 93.0 Å². The summed E-state index contributed by atoms with van der Waals surface area (Å²) in [5.41, 5.74) is 9.49. The van der Waals surface area contributed by atoms with Crippen LogP contribution in [-0.4, -0.2) is 22.6 Å². The predicted molar refractivity (Wildman–Crippen MR) is 79.2 cm³/mol. The van der Waals surface area contributed by atoms with Gasteiger partial charge in [0.2, 0.25) is 0 Å². The van der Waals surface area contributed by atoms with Crippen molar-refractivity contribution in [2.24, 2.45) is 11.7 Å². The molecule has 0 spiro atoms. The molecule has 0 aliphatic carbocycles. The second-order valence-corrected chi connectivity index (χ2v) is 4.95.